The predicted octanol–water partition coefficient (Wildman–Crippen LogP) is 3.34. The summed E-state index contributed by atoms with van der Waals surface area (Å²) < 4.78 is 25.4. The second-order valence-corrected chi connectivity index (χ2v) is 3.97. The molecule has 0 fully saturated rings. The van der Waals surface area contributed by atoms with E-state index in [-0.39, 0.29) is 22.8 Å². The van der Waals surface area contributed by atoms with E-state index in [2.05, 4.69) is 4.98 Å². The van der Waals surface area contributed by atoms with Crippen molar-refractivity contribution < 1.29 is 8.78 Å². The Labute approximate surface area is 98.0 Å². The molecule has 0 unspecified atom stereocenters. The van der Waals surface area contributed by atoms with Crippen LogP contribution >= 0.6 is 34.2 Å². The van der Waals surface area contributed by atoms with Gasteiger partial charge in [-0.05, 0) is 28.7 Å². The van der Waals surface area contributed by atoms with Crippen LogP contribution in [0.3, 0.4) is 0 Å². The van der Waals surface area contributed by atoms with Gasteiger partial charge < -0.3 is 0 Å². The van der Waals surface area contributed by atoms with Gasteiger partial charge >= 0.3 is 0 Å². The monoisotopic (exact) mass is 328 g/mol. The van der Waals surface area contributed by atoms with Crippen LogP contribution in [-0.2, 0) is 6.42 Å². The molecular formula is C8H4ClF2IN2. The molecule has 0 radical (unpaired) electrons. The molecule has 0 spiro atoms. The van der Waals surface area contributed by atoms with E-state index in [0.29, 0.717) is 3.57 Å². The summed E-state index contributed by atoms with van der Waals surface area (Å²) in [6.07, 6.45) is -2.79. The molecule has 1 rings (SSSR count). The molecule has 0 saturated carbocycles. The third kappa shape index (κ3) is 2.51. The van der Waals surface area contributed by atoms with Gasteiger partial charge in [0, 0.05) is 3.57 Å². The first-order chi connectivity index (χ1) is 6.56. The Bertz CT molecular complexity index is 390. The normalized spacial score (nSPS) is 10.3. The van der Waals surface area contributed by atoms with Crippen molar-refractivity contribution in [1.29, 1.82) is 5.26 Å². The Kier molecular flexibility index (Phi) is 4.01. The molecule has 1 aromatic rings. The zero-order valence-electron chi connectivity index (χ0n) is 6.77. The van der Waals surface area contributed by atoms with Crippen LogP contribution in [-0.4, -0.2) is 4.98 Å². The first-order valence-electron chi connectivity index (χ1n) is 3.56. The van der Waals surface area contributed by atoms with E-state index >= 15 is 0 Å². The van der Waals surface area contributed by atoms with Gasteiger partial charge in [0.05, 0.1) is 23.7 Å². The van der Waals surface area contributed by atoms with Crippen LogP contribution in [0, 0.1) is 14.9 Å². The number of hydrogen-bond acceptors (Lipinski definition) is 2. The van der Waals surface area contributed by atoms with Crippen molar-refractivity contribution in [2.45, 2.75) is 12.8 Å². The molecule has 6 heteroatoms. The van der Waals surface area contributed by atoms with Gasteiger partial charge in [0.25, 0.3) is 6.43 Å². The van der Waals surface area contributed by atoms with E-state index in [0.717, 1.165) is 0 Å². The van der Waals surface area contributed by atoms with Gasteiger partial charge in [-0.3, -0.25) is 0 Å². The van der Waals surface area contributed by atoms with Gasteiger partial charge in [0.2, 0.25) is 0 Å². The van der Waals surface area contributed by atoms with Gasteiger partial charge in [-0.2, -0.15) is 5.26 Å². The minimum absolute atomic E-state index is 0.0550. The van der Waals surface area contributed by atoms with E-state index in [4.69, 9.17) is 16.9 Å². The third-order valence-electron chi connectivity index (χ3n) is 1.52. The minimum atomic E-state index is -2.63. The minimum Gasteiger partial charge on any atom is -0.239 e. The number of alkyl halides is 2. The van der Waals surface area contributed by atoms with Crippen molar-refractivity contribution >= 4 is 34.2 Å². The zero-order chi connectivity index (χ0) is 10.7. The number of pyridine rings is 1. The van der Waals surface area contributed by atoms with Crippen molar-refractivity contribution in [2.75, 3.05) is 0 Å². The number of nitriles is 1. The van der Waals surface area contributed by atoms with Crippen molar-refractivity contribution in [3.63, 3.8) is 0 Å². The summed E-state index contributed by atoms with van der Waals surface area (Å²) in [5.74, 6) is 0. The van der Waals surface area contributed by atoms with Gasteiger partial charge in [-0.1, -0.05) is 11.6 Å². The molecule has 0 atom stereocenters. The summed E-state index contributed by atoms with van der Waals surface area (Å²) in [7, 11) is 0. The highest BCUT2D eigenvalue weighted by atomic mass is 127. The van der Waals surface area contributed by atoms with Crippen LogP contribution in [0.1, 0.15) is 17.7 Å². The average Bonchev–Trinajstić information content (AvgIpc) is 2.01. The third-order valence-corrected chi connectivity index (χ3v) is 2.61. The van der Waals surface area contributed by atoms with Gasteiger partial charge in [-0.15, -0.1) is 0 Å². The highest BCUT2D eigenvalue weighted by Gasteiger charge is 2.18. The molecule has 1 heterocycles. The number of halogens is 4. The summed E-state index contributed by atoms with van der Waals surface area (Å²) in [5.41, 5.74) is -0.143. The van der Waals surface area contributed by atoms with Crippen LogP contribution in [0.5, 0.6) is 0 Å². The van der Waals surface area contributed by atoms with Gasteiger partial charge in [0.1, 0.15) is 5.15 Å². The van der Waals surface area contributed by atoms with Crippen molar-refractivity contribution in [1.82, 2.24) is 4.98 Å². The Morgan fingerprint density at radius 2 is 2.29 bits per heavy atom. The molecule has 0 saturated heterocycles. The summed E-state index contributed by atoms with van der Waals surface area (Å²) in [6.45, 7) is 0. The lowest BCUT2D eigenvalue weighted by Crippen LogP contribution is -2.01. The number of nitrogens with zero attached hydrogens (tertiary/aromatic N) is 2. The largest absolute Gasteiger partial charge is 0.266 e. The van der Waals surface area contributed by atoms with E-state index < -0.39 is 6.43 Å². The highest BCUT2D eigenvalue weighted by Crippen LogP contribution is 2.29. The molecule has 0 bridgehead atoms. The molecular weight excluding hydrogens is 324 g/mol. The maximum absolute atomic E-state index is 12.5. The lowest BCUT2D eigenvalue weighted by Gasteiger charge is -2.07. The summed E-state index contributed by atoms with van der Waals surface area (Å²) in [5, 5.41) is 8.56. The summed E-state index contributed by atoms with van der Waals surface area (Å²) in [4.78, 5) is 3.70. The van der Waals surface area contributed by atoms with Crippen molar-refractivity contribution in [3.8, 4) is 6.07 Å². The SMILES string of the molecule is N#CCc1nc(Cl)cc(I)c1C(F)F. The zero-order valence-corrected chi connectivity index (χ0v) is 9.68. The van der Waals surface area contributed by atoms with Crippen molar-refractivity contribution in [3.05, 3.63) is 26.0 Å². The molecule has 0 aliphatic carbocycles. The lowest BCUT2D eigenvalue weighted by atomic mass is 10.1. The molecule has 14 heavy (non-hydrogen) atoms. The lowest BCUT2D eigenvalue weighted by molar-refractivity contribution is 0.149. The molecule has 1 aromatic heterocycles. The Hall–Kier alpha value is -0.480. The topological polar surface area (TPSA) is 36.7 Å². The molecule has 0 aliphatic heterocycles. The predicted molar refractivity (Wildman–Crippen MR) is 56.2 cm³/mol. The fraction of sp³-hybridized carbons (Fsp3) is 0.250. The molecule has 0 aliphatic rings. The smallest absolute Gasteiger partial charge is 0.239 e. The van der Waals surface area contributed by atoms with Crippen molar-refractivity contribution in [2.24, 2.45) is 0 Å². The van der Waals surface area contributed by atoms with Crippen LogP contribution in [0.2, 0.25) is 5.15 Å². The maximum atomic E-state index is 12.5. The average molecular weight is 328 g/mol. The standard InChI is InChI=1S/C8H4ClF2IN2/c9-6-3-4(12)7(8(10)11)5(14-6)1-2-13/h3,8H,1H2. The Morgan fingerprint density at radius 3 is 2.79 bits per heavy atom. The number of rotatable bonds is 2. The maximum Gasteiger partial charge on any atom is 0.266 e. The van der Waals surface area contributed by atoms with Gasteiger partial charge in [-0.25, -0.2) is 13.8 Å². The first kappa shape index (κ1) is 11.6. The molecule has 2 nitrogen and oxygen atoms in total. The fourth-order valence-electron chi connectivity index (χ4n) is 0.981. The number of hydrogen-bond donors (Lipinski definition) is 0. The molecule has 0 aromatic carbocycles. The Balaban J connectivity index is 3.30. The second kappa shape index (κ2) is 4.84. The number of aromatic nitrogens is 1. The van der Waals surface area contributed by atoms with Gasteiger partial charge in [0.15, 0.2) is 0 Å². The van der Waals surface area contributed by atoms with Crippen LogP contribution in [0.4, 0.5) is 8.78 Å². The summed E-state index contributed by atoms with van der Waals surface area (Å²) >= 11 is 7.34. The molecule has 0 N–H and O–H groups in total. The highest BCUT2D eigenvalue weighted by molar-refractivity contribution is 14.1. The summed E-state index contributed by atoms with van der Waals surface area (Å²) in [6, 6.07) is 3.13. The van der Waals surface area contributed by atoms with E-state index in [1.165, 1.54) is 6.07 Å². The second-order valence-electron chi connectivity index (χ2n) is 2.42. The van der Waals surface area contributed by atoms with Crippen LogP contribution in [0.15, 0.2) is 6.07 Å². The van der Waals surface area contributed by atoms with Crippen LogP contribution < -0.4 is 0 Å². The molecule has 0 amide bonds. The fourth-order valence-corrected chi connectivity index (χ4v) is 2.22. The Morgan fingerprint density at radius 1 is 1.64 bits per heavy atom. The van der Waals surface area contributed by atoms with E-state index in [1.807, 2.05) is 0 Å². The van der Waals surface area contributed by atoms with E-state index in [9.17, 15) is 8.78 Å². The quantitative estimate of drug-likeness (QED) is 0.617. The van der Waals surface area contributed by atoms with Crippen LogP contribution in [0.25, 0.3) is 0 Å². The molecule has 74 valence electrons. The first-order valence-corrected chi connectivity index (χ1v) is 5.02. The van der Waals surface area contributed by atoms with E-state index in [1.54, 1.807) is 28.7 Å².